The molecule has 26 heavy (non-hydrogen) atoms. The smallest absolute Gasteiger partial charge is 0.268 e. The number of aryl methyl sites for hydroxylation is 1. The van der Waals surface area contributed by atoms with Crippen LogP contribution < -0.4 is 5.32 Å². The summed E-state index contributed by atoms with van der Waals surface area (Å²) in [6, 6.07) is 22.6. The predicted octanol–water partition coefficient (Wildman–Crippen LogP) is 4.99. The first-order valence-electron chi connectivity index (χ1n) is 8.65. The van der Waals surface area contributed by atoms with Crippen LogP contribution in [0.15, 0.2) is 72.1 Å². The minimum absolute atomic E-state index is 0.0371. The van der Waals surface area contributed by atoms with E-state index >= 15 is 0 Å². The normalized spacial score (nSPS) is 11.0. The molecule has 0 unspecified atom stereocenters. The zero-order valence-electron chi connectivity index (χ0n) is 14.6. The lowest BCUT2D eigenvalue weighted by molar-refractivity contribution is 0.0942. The molecule has 4 heteroatoms. The molecule has 0 fully saturated rings. The number of carbonyl (C=O) groups excluding carboxylic acids is 1. The third kappa shape index (κ3) is 3.41. The summed E-state index contributed by atoms with van der Waals surface area (Å²) in [5.41, 5.74) is 5.33. The molecule has 0 spiro atoms. The zero-order valence-corrected chi connectivity index (χ0v) is 15.4. The van der Waals surface area contributed by atoms with Crippen molar-refractivity contribution in [1.29, 1.82) is 0 Å². The van der Waals surface area contributed by atoms with Gasteiger partial charge in [-0.25, -0.2) is 0 Å². The Morgan fingerprint density at radius 3 is 2.54 bits per heavy atom. The number of benzene rings is 2. The van der Waals surface area contributed by atoms with E-state index in [0.717, 1.165) is 15.8 Å². The number of amides is 1. The lowest BCUT2D eigenvalue weighted by atomic mass is 10.1. The molecular formula is C22H20N2OS. The van der Waals surface area contributed by atoms with Gasteiger partial charge in [0.2, 0.25) is 0 Å². The van der Waals surface area contributed by atoms with E-state index in [0.29, 0.717) is 18.8 Å². The zero-order chi connectivity index (χ0) is 17.9. The molecule has 130 valence electrons. The van der Waals surface area contributed by atoms with E-state index in [1.54, 1.807) is 11.3 Å². The van der Waals surface area contributed by atoms with Gasteiger partial charge < -0.3 is 9.88 Å². The molecule has 4 rings (SSSR count). The Labute approximate surface area is 156 Å². The monoisotopic (exact) mass is 360 g/mol. The van der Waals surface area contributed by atoms with Crippen molar-refractivity contribution in [1.82, 2.24) is 9.88 Å². The third-order valence-corrected chi connectivity index (χ3v) is 5.37. The third-order valence-electron chi connectivity index (χ3n) is 4.51. The van der Waals surface area contributed by atoms with Crippen LogP contribution >= 0.6 is 11.3 Å². The van der Waals surface area contributed by atoms with Crippen molar-refractivity contribution in [3.05, 3.63) is 94.5 Å². The molecule has 0 saturated heterocycles. The van der Waals surface area contributed by atoms with Crippen molar-refractivity contribution in [2.75, 3.05) is 0 Å². The van der Waals surface area contributed by atoms with Gasteiger partial charge in [0.15, 0.2) is 0 Å². The molecule has 1 N–H and O–H groups in total. The van der Waals surface area contributed by atoms with Gasteiger partial charge in [0.1, 0.15) is 5.69 Å². The lowest BCUT2D eigenvalue weighted by Gasteiger charge is -2.11. The fourth-order valence-corrected chi connectivity index (χ4v) is 3.90. The quantitative estimate of drug-likeness (QED) is 0.534. The van der Waals surface area contributed by atoms with Crippen LogP contribution in [0.2, 0.25) is 0 Å². The largest absolute Gasteiger partial charge is 0.347 e. The maximum Gasteiger partial charge on any atom is 0.268 e. The maximum atomic E-state index is 12.8. The van der Waals surface area contributed by atoms with E-state index in [1.807, 2.05) is 24.3 Å². The second kappa shape index (κ2) is 7.18. The molecule has 0 aliphatic carbocycles. The molecule has 1 amide bonds. The Kier molecular flexibility index (Phi) is 4.59. The number of hydrogen-bond donors (Lipinski definition) is 1. The maximum absolute atomic E-state index is 12.8. The summed E-state index contributed by atoms with van der Waals surface area (Å²) in [5.74, 6) is -0.0371. The number of thiophene rings is 1. The van der Waals surface area contributed by atoms with Gasteiger partial charge in [0, 0.05) is 13.1 Å². The minimum Gasteiger partial charge on any atom is -0.347 e. The van der Waals surface area contributed by atoms with Crippen LogP contribution in [-0.4, -0.2) is 10.5 Å². The van der Waals surface area contributed by atoms with Crippen LogP contribution in [0.3, 0.4) is 0 Å². The minimum atomic E-state index is -0.0371. The summed E-state index contributed by atoms with van der Waals surface area (Å²) in [5, 5.41) is 5.13. The second-order valence-corrected chi connectivity index (χ2v) is 7.39. The van der Waals surface area contributed by atoms with Crippen LogP contribution in [0.1, 0.15) is 27.2 Å². The number of nitrogens with one attached hydrogen (secondary N) is 1. The first kappa shape index (κ1) is 16.6. The van der Waals surface area contributed by atoms with Crippen LogP contribution in [0.5, 0.6) is 0 Å². The highest BCUT2D eigenvalue weighted by Crippen LogP contribution is 2.26. The SMILES string of the molecule is Cc1ccc(CNC(=O)c2cc3sccc3n2Cc2ccccc2)cc1. The van der Waals surface area contributed by atoms with Gasteiger partial charge in [-0.3, -0.25) is 4.79 Å². The fourth-order valence-electron chi connectivity index (χ4n) is 3.08. The Morgan fingerprint density at radius 1 is 1.00 bits per heavy atom. The summed E-state index contributed by atoms with van der Waals surface area (Å²) in [6.45, 7) is 3.28. The van der Waals surface area contributed by atoms with Gasteiger partial charge in [-0.2, -0.15) is 0 Å². The van der Waals surface area contributed by atoms with Crippen LogP contribution in [0.25, 0.3) is 10.2 Å². The van der Waals surface area contributed by atoms with Crippen LogP contribution in [0.4, 0.5) is 0 Å². The number of aromatic nitrogens is 1. The van der Waals surface area contributed by atoms with E-state index in [-0.39, 0.29) is 5.91 Å². The summed E-state index contributed by atoms with van der Waals surface area (Å²) in [7, 11) is 0. The average molecular weight is 360 g/mol. The van der Waals surface area contributed by atoms with Gasteiger partial charge in [-0.15, -0.1) is 11.3 Å². The van der Waals surface area contributed by atoms with E-state index in [2.05, 4.69) is 64.7 Å². The van der Waals surface area contributed by atoms with Gasteiger partial charge in [0.25, 0.3) is 5.91 Å². The first-order valence-corrected chi connectivity index (χ1v) is 9.53. The van der Waals surface area contributed by atoms with Gasteiger partial charge in [-0.05, 0) is 35.6 Å². The average Bonchev–Trinajstić information content (AvgIpc) is 3.25. The molecule has 0 saturated carbocycles. The van der Waals surface area contributed by atoms with Crippen molar-refractivity contribution in [2.45, 2.75) is 20.0 Å². The lowest BCUT2D eigenvalue weighted by Crippen LogP contribution is -2.25. The topological polar surface area (TPSA) is 34.0 Å². The summed E-state index contributed by atoms with van der Waals surface area (Å²) in [6.07, 6.45) is 0. The van der Waals surface area contributed by atoms with Crippen LogP contribution in [-0.2, 0) is 13.1 Å². The van der Waals surface area contributed by atoms with Crippen molar-refractivity contribution in [3.8, 4) is 0 Å². The van der Waals surface area contributed by atoms with E-state index in [4.69, 9.17) is 0 Å². The standard InChI is InChI=1S/C22H20N2OS/c1-16-7-9-17(10-8-16)14-23-22(25)20-13-21-19(11-12-26-21)24(20)15-18-5-3-2-4-6-18/h2-13H,14-15H2,1H3,(H,23,25). The van der Waals surface area contributed by atoms with E-state index in [9.17, 15) is 4.79 Å². The molecule has 0 atom stereocenters. The molecule has 0 bridgehead atoms. The van der Waals surface area contributed by atoms with Gasteiger partial charge in [0.05, 0.1) is 10.2 Å². The van der Waals surface area contributed by atoms with Gasteiger partial charge >= 0.3 is 0 Å². The molecule has 2 aromatic carbocycles. The summed E-state index contributed by atoms with van der Waals surface area (Å²) < 4.78 is 3.24. The Balaban J connectivity index is 1.58. The number of fused-ring (bicyclic) bond motifs is 1. The molecule has 0 aliphatic rings. The second-order valence-electron chi connectivity index (χ2n) is 6.44. The number of rotatable bonds is 5. The van der Waals surface area contributed by atoms with Gasteiger partial charge in [-0.1, -0.05) is 60.2 Å². The highest BCUT2D eigenvalue weighted by molar-refractivity contribution is 7.17. The van der Waals surface area contributed by atoms with Crippen molar-refractivity contribution >= 4 is 27.5 Å². The molecule has 2 aromatic heterocycles. The molecule has 4 aromatic rings. The highest BCUT2D eigenvalue weighted by Gasteiger charge is 2.16. The molecule has 3 nitrogen and oxygen atoms in total. The Morgan fingerprint density at radius 2 is 1.77 bits per heavy atom. The first-order chi connectivity index (χ1) is 12.7. The summed E-state index contributed by atoms with van der Waals surface area (Å²) in [4.78, 5) is 12.8. The van der Waals surface area contributed by atoms with Crippen molar-refractivity contribution in [2.24, 2.45) is 0 Å². The molecule has 0 aliphatic heterocycles. The molecular weight excluding hydrogens is 340 g/mol. The summed E-state index contributed by atoms with van der Waals surface area (Å²) >= 11 is 1.67. The number of carbonyl (C=O) groups is 1. The Hall–Kier alpha value is -2.85. The Bertz CT molecular complexity index is 1030. The number of nitrogens with zero attached hydrogens (tertiary/aromatic N) is 1. The fraction of sp³-hybridized carbons (Fsp3) is 0.136. The molecule has 2 heterocycles. The van der Waals surface area contributed by atoms with E-state index < -0.39 is 0 Å². The van der Waals surface area contributed by atoms with Crippen molar-refractivity contribution in [3.63, 3.8) is 0 Å². The van der Waals surface area contributed by atoms with E-state index in [1.165, 1.54) is 11.1 Å². The van der Waals surface area contributed by atoms with Crippen LogP contribution in [0, 0.1) is 6.92 Å². The van der Waals surface area contributed by atoms with Crippen molar-refractivity contribution < 1.29 is 4.79 Å². The molecule has 0 radical (unpaired) electrons. The predicted molar refractivity (Wildman–Crippen MR) is 108 cm³/mol. The highest BCUT2D eigenvalue weighted by atomic mass is 32.1. The number of hydrogen-bond acceptors (Lipinski definition) is 2.